The first-order valence-corrected chi connectivity index (χ1v) is 5.40. The maximum Gasteiger partial charge on any atom is 0.416 e. The lowest BCUT2D eigenvalue weighted by molar-refractivity contribution is -0.137. The molecule has 0 aliphatic heterocycles. The predicted molar refractivity (Wildman–Crippen MR) is 63.6 cm³/mol. The van der Waals surface area contributed by atoms with Crippen molar-refractivity contribution in [2.24, 2.45) is 0 Å². The van der Waals surface area contributed by atoms with E-state index in [1.165, 1.54) is 11.0 Å². The third-order valence-electron chi connectivity index (χ3n) is 2.23. The van der Waals surface area contributed by atoms with Crippen molar-refractivity contribution >= 4 is 23.2 Å². The van der Waals surface area contributed by atoms with Crippen LogP contribution in [0.4, 0.5) is 18.9 Å². The minimum absolute atomic E-state index is 0.0297. The maximum atomic E-state index is 12.4. The molecule has 1 aromatic carbocycles. The Balaban J connectivity index is 2.78. The lowest BCUT2D eigenvalue weighted by atomic mass is 10.2. The Morgan fingerprint density at radius 3 is 2.44 bits per heavy atom. The molecule has 0 bridgehead atoms. The molecule has 3 nitrogen and oxygen atoms in total. The average molecular weight is 281 g/mol. The number of hydrogen-bond donors (Lipinski definition) is 1. The van der Waals surface area contributed by atoms with E-state index in [9.17, 15) is 18.0 Å². The lowest BCUT2D eigenvalue weighted by Gasteiger charge is -2.14. The molecule has 0 fully saturated rings. The quantitative estimate of drug-likeness (QED) is 0.923. The molecule has 1 N–H and O–H groups in total. The number of anilines is 1. The zero-order valence-corrected chi connectivity index (χ0v) is 10.6. The summed E-state index contributed by atoms with van der Waals surface area (Å²) >= 11 is 5.71. The smallest absolute Gasteiger partial charge is 0.375 e. The van der Waals surface area contributed by atoms with Gasteiger partial charge in [0.15, 0.2) is 0 Å². The van der Waals surface area contributed by atoms with Crippen molar-refractivity contribution in [1.82, 2.24) is 4.90 Å². The van der Waals surface area contributed by atoms with Crippen LogP contribution in [-0.2, 0) is 11.0 Å². The van der Waals surface area contributed by atoms with Gasteiger partial charge in [-0.1, -0.05) is 11.6 Å². The largest absolute Gasteiger partial charge is 0.416 e. The number of amides is 1. The van der Waals surface area contributed by atoms with E-state index >= 15 is 0 Å². The molecule has 7 heteroatoms. The molecule has 1 amide bonds. The highest BCUT2D eigenvalue weighted by atomic mass is 35.5. The first kappa shape index (κ1) is 14.6. The SMILES string of the molecule is CN(C)C(=O)CNc1ccc(C(F)(F)F)cc1Cl. The van der Waals surface area contributed by atoms with Crippen LogP contribution in [0.15, 0.2) is 18.2 Å². The number of nitrogens with zero attached hydrogens (tertiary/aromatic N) is 1. The van der Waals surface area contributed by atoms with Crippen molar-refractivity contribution in [2.45, 2.75) is 6.18 Å². The molecule has 0 aliphatic carbocycles. The van der Waals surface area contributed by atoms with Crippen LogP contribution in [0, 0.1) is 0 Å². The summed E-state index contributed by atoms with van der Waals surface area (Å²) in [6.45, 7) is -0.0297. The Bertz CT molecular complexity index is 446. The second kappa shape index (κ2) is 5.48. The molecule has 0 saturated carbocycles. The van der Waals surface area contributed by atoms with Crippen LogP contribution < -0.4 is 5.32 Å². The minimum atomic E-state index is -4.43. The van der Waals surface area contributed by atoms with Crippen molar-refractivity contribution in [3.8, 4) is 0 Å². The maximum absolute atomic E-state index is 12.4. The number of rotatable bonds is 3. The Kier molecular flexibility index (Phi) is 4.45. The molecule has 0 unspecified atom stereocenters. The monoisotopic (exact) mass is 280 g/mol. The number of halogens is 4. The fourth-order valence-electron chi connectivity index (χ4n) is 1.16. The van der Waals surface area contributed by atoms with Crippen LogP contribution in [0.1, 0.15) is 5.56 Å². The highest BCUT2D eigenvalue weighted by molar-refractivity contribution is 6.33. The van der Waals surface area contributed by atoms with Gasteiger partial charge in [-0.3, -0.25) is 4.79 Å². The Hall–Kier alpha value is -1.43. The zero-order valence-electron chi connectivity index (χ0n) is 9.81. The van der Waals surface area contributed by atoms with Crippen LogP contribution in [0.5, 0.6) is 0 Å². The van der Waals surface area contributed by atoms with Gasteiger partial charge >= 0.3 is 6.18 Å². The van der Waals surface area contributed by atoms with E-state index in [4.69, 9.17) is 11.6 Å². The van der Waals surface area contributed by atoms with Gasteiger partial charge in [-0.15, -0.1) is 0 Å². The van der Waals surface area contributed by atoms with Crippen LogP contribution in [0.25, 0.3) is 0 Å². The van der Waals surface area contributed by atoms with Gasteiger partial charge in [-0.25, -0.2) is 0 Å². The highest BCUT2D eigenvalue weighted by Crippen LogP contribution is 2.33. The molecule has 0 aliphatic rings. The van der Waals surface area contributed by atoms with Crippen molar-refractivity contribution in [3.63, 3.8) is 0 Å². The molecule has 0 aromatic heterocycles. The summed E-state index contributed by atoms with van der Waals surface area (Å²) in [7, 11) is 3.16. The van der Waals surface area contributed by atoms with E-state index in [1.807, 2.05) is 0 Å². The second-order valence-electron chi connectivity index (χ2n) is 3.83. The van der Waals surface area contributed by atoms with Crippen molar-refractivity contribution in [1.29, 1.82) is 0 Å². The Labute approximate surface area is 108 Å². The molecular weight excluding hydrogens is 269 g/mol. The molecule has 18 heavy (non-hydrogen) atoms. The van der Waals surface area contributed by atoms with Gasteiger partial charge < -0.3 is 10.2 Å². The standard InChI is InChI=1S/C11H12ClF3N2O/c1-17(2)10(18)6-16-9-4-3-7(5-8(9)12)11(13,14)15/h3-5,16H,6H2,1-2H3. The second-order valence-corrected chi connectivity index (χ2v) is 4.24. The Morgan fingerprint density at radius 1 is 1.39 bits per heavy atom. The molecule has 1 rings (SSSR count). The van der Waals surface area contributed by atoms with E-state index in [2.05, 4.69) is 5.32 Å². The Morgan fingerprint density at radius 2 is 2.00 bits per heavy atom. The number of carbonyl (C=O) groups excluding carboxylic acids is 1. The van der Waals surface area contributed by atoms with Gasteiger partial charge in [-0.2, -0.15) is 13.2 Å². The number of hydrogen-bond acceptors (Lipinski definition) is 2. The normalized spacial score (nSPS) is 11.2. The van der Waals surface area contributed by atoms with E-state index in [1.54, 1.807) is 14.1 Å². The van der Waals surface area contributed by atoms with Gasteiger partial charge in [0.2, 0.25) is 5.91 Å². The minimum Gasteiger partial charge on any atom is -0.375 e. The molecule has 100 valence electrons. The first-order chi connectivity index (χ1) is 8.21. The number of nitrogens with one attached hydrogen (secondary N) is 1. The third kappa shape index (κ3) is 3.80. The van der Waals surface area contributed by atoms with E-state index < -0.39 is 11.7 Å². The fourth-order valence-corrected chi connectivity index (χ4v) is 1.41. The number of alkyl halides is 3. The number of benzene rings is 1. The number of likely N-dealkylation sites (N-methyl/N-ethyl adjacent to an activating group) is 1. The molecule has 0 atom stereocenters. The van der Waals surface area contributed by atoms with Gasteiger partial charge in [0.05, 0.1) is 22.8 Å². The first-order valence-electron chi connectivity index (χ1n) is 5.02. The van der Waals surface area contributed by atoms with Crippen molar-refractivity contribution in [2.75, 3.05) is 26.0 Å². The van der Waals surface area contributed by atoms with Crippen LogP contribution in [0.3, 0.4) is 0 Å². The number of carbonyl (C=O) groups is 1. The van der Waals surface area contributed by atoms with Crippen LogP contribution in [-0.4, -0.2) is 31.4 Å². The lowest BCUT2D eigenvalue weighted by Crippen LogP contribution is -2.28. The summed E-state index contributed by atoms with van der Waals surface area (Å²) < 4.78 is 37.1. The summed E-state index contributed by atoms with van der Waals surface area (Å²) in [6.07, 6.45) is -4.43. The summed E-state index contributed by atoms with van der Waals surface area (Å²) in [5, 5.41) is 2.61. The summed E-state index contributed by atoms with van der Waals surface area (Å²) in [4.78, 5) is 12.7. The molecule has 0 radical (unpaired) electrons. The molecule has 0 spiro atoms. The van der Waals surface area contributed by atoms with Crippen LogP contribution in [0.2, 0.25) is 5.02 Å². The van der Waals surface area contributed by atoms with E-state index in [-0.39, 0.29) is 17.5 Å². The molecular formula is C11H12ClF3N2O. The average Bonchev–Trinajstić information content (AvgIpc) is 2.25. The predicted octanol–water partition coefficient (Wildman–Crippen LogP) is 2.86. The van der Waals surface area contributed by atoms with E-state index in [0.717, 1.165) is 12.1 Å². The third-order valence-corrected chi connectivity index (χ3v) is 2.54. The van der Waals surface area contributed by atoms with Crippen molar-refractivity contribution in [3.05, 3.63) is 28.8 Å². The van der Waals surface area contributed by atoms with Gasteiger partial charge in [0, 0.05) is 14.1 Å². The summed E-state index contributed by atoms with van der Waals surface area (Å²) in [6, 6.07) is 2.94. The molecule has 0 heterocycles. The van der Waals surface area contributed by atoms with E-state index in [0.29, 0.717) is 5.69 Å². The molecule has 1 aromatic rings. The summed E-state index contributed by atoms with van der Waals surface area (Å²) in [5.74, 6) is -0.203. The molecule has 0 saturated heterocycles. The fraction of sp³-hybridized carbons (Fsp3) is 0.364. The summed E-state index contributed by atoms with van der Waals surface area (Å²) in [5.41, 5.74) is -0.531. The van der Waals surface area contributed by atoms with Gasteiger partial charge in [-0.05, 0) is 18.2 Å². The van der Waals surface area contributed by atoms with Gasteiger partial charge in [0.1, 0.15) is 0 Å². The van der Waals surface area contributed by atoms with Gasteiger partial charge in [0.25, 0.3) is 0 Å². The topological polar surface area (TPSA) is 32.3 Å². The van der Waals surface area contributed by atoms with Crippen LogP contribution >= 0.6 is 11.6 Å². The van der Waals surface area contributed by atoms with Crippen molar-refractivity contribution < 1.29 is 18.0 Å². The highest BCUT2D eigenvalue weighted by Gasteiger charge is 2.30. The zero-order chi connectivity index (χ0) is 13.9.